The lowest BCUT2D eigenvalue weighted by molar-refractivity contribution is -0.120. The van der Waals surface area contributed by atoms with Crippen LogP contribution in [0.5, 0.6) is 0 Å². The molecule has 184 valence electrons. The Hall–Kier alpha value is -2.92. The quantitative estimate of drug-likeness (QED) is 0.590. The van der Waals surface area contributed by atoms with Crippen LogP contribution in [0.3, 0.4) is 0 Å². The fraction of sp³-hybridized carbons (Fsp3) is 0.478. The number of benzene rings is 1. The molecule has 2 aliphatic heterocycles. The van der Waals surface area contributed by atoms with Gasteiger partial charge in [0.05, 0.1) is 6.61 Å². The minimum absolute atomic E-state index is 0.123. The minimum atomic E-state index is -3.95. The van der Waals surface area contributed by atoms with E-state index < -0.39 is 27.7 Å². The van der Waals surface area contributed by atoms with Crippen LogP contribution in [0.4, 0.5) is 15.8 Å². The molecule has 0 aliphatic carbocycles. The summed E-state index contributed by atoms with van der Waals surface area (Å²) in [5.41, 5.74) is 1.14. The van der Waals surface area contributed by atoms with Gasteiger partial charge >= 0.3 is 5.97 Å². The molecule has 1 aromatic carbocycles. The Balaban J connectivity index is 1.36. The van der Waals surface area contributed by atoms with Gasteiger partial charge in [-0.05, 0) is 62.9 Å². The SMILES string of the molecule is CCOC(=O)c1ccc(S(=O)(=O)N2CCC(C(=O)Nc3cc(F)cc(N4CCCC4)c3)CC2)o1. The van der Waals surface area contributed by atoms with Crippen molar-refractivity contribution in [2.75, 3.05) is 43.0 Å². The van der Waals surface area contributed by atoms with Crippen molar-refractivity contribution in [2.24, 2.45) is 5.92 Å². The first-order chi connectivity index (χ1) is 16.3. The predicted octanol–water partition coefficient (Wildman–Crippen LogP) is 3.24. The van der Waals surface area contributed by atoms with Crippen molar-refractivity contribution < 1.29 is 31.6 Å². The van der Waals surface area contributed by atoms with Gasteiger partial charge in [-0.15, -0.1) is 0 Å². The number of furan rings is 1. The predicted molar refractivity (Wildman–Crippen MR) is 123 cm³/mol. The molecule has 2 aliphatic rings. The number of rotatable bonds is 7. The van der Waals surface area contributed by atoms with E-state index in [0.717, 1.165) is 31.6 Å². The minimum Gasteiger partial charge on any atom is -0.460 e. The molecule has 1 amide bonds. The maximum Gasteiger partial charge on any atom is 0.374 e. The topological polar surface area (TPSA) is 109 Å². The van der Waals surface area contributed by atoms with Crippen LogP contribution in [0.15, 0.2) is 39.8 Å². The second-order valence-corrected chi connectivity index (χ2v) is 10.3. The third-order valence-electron chi connectivity index (χ3n) is 6.10. The average molecular weight is 494 g/mol. The summed E-state index contributed by atoms with van der Waals surface area (Å²) in [7, 11) is -3.95. The molecule has 2 saturated heterocycles. The number of halogens is 1. The standard InChI is InChI=1S/C23H28FN3O6S/c1-2-32-23(29)20-5-6-21(33-20)34(30,31)27-11-7-16(8-12-27)22(28)25-18-13-17(24)14-19(15-18)26-9-3-4-10-26/h5-6,13-16H,2-4,7-12H2,1H3,(H,25,28). The van der Waals surface area contributed by atoms with E-state index in [1.807, 2.05) is 0 Å². The molecule has 2 aromatic rings. The first kappa shape index (κ1) is 24.2. The molecule has 9 nitrogen and oxygen atoms in total. The summed E-state index contributed by atoms with van der Waals surface area (Å²) >= 11 is 0. The highest BCUT2D eigenvalue weighted by Crippen LogP contribution is 2.28. The van der Waals surface area contributed by atoms with E-state index in [1.165, 1.54) is 28.6 Å². The second-order valence-electron chi connectivity index (χ2n) is 8.40. The summed E-state index contributed by atoms with van der Waals surface area (Å²) in [6, 6.07) is 7.01. The molecule has 0 saturated carbocycles. The zero-order valence-electron chi connectivity index (χ0n) is 19.0. The van der Waals surface area contributed by atoms with E-state index in [0.29, 0.717) is 18.5 Å². The van der Waals surface area contributed by atoms with Crippen LogP contribution in [0.2, 0.25) is 0 Å². The first-order valence-corrected chi connectivity index (χ1v) is 12.9. The third-order valence-corrected chi connectivity index (χ3v) is 7.87. The Morgan fingerprint density at radius 3 is 2.50 bits per heavy atom. The molecule has 34 heavy (non-hydrogen) atoms. The van der Waals surface area contributed by atoms with Crippen LogP contribution in [-0.2, 0) is 19.6 Å². The number of piperidine rings is 1. The molecule has 0 unspecified atom stereocenters. The Morgan fingerprint density at radius 2 is 1.82 bits per heavy atom. The van der Waals surface area contributed by atoms with Gasteiger partial charge in [-0.25, -0.2) is 17.6 Å². The van der Waals surface area contributed by atoms with Crippen LogP contribution in [0, 0.1) is 11.7 Å². The molecule has 1 aromatic heterocycles. The molecular weight excluding hydrogens is 465 g/mol. The Labute approximate surface area is 197 Å². The van der Waals surface area contributed by atoms with Crippen molar-refractivity contribution in [3.63, 3.8) is 0 Å². The first-order valence-electron chi connectivity index (χ1n) is 11.4. The maximum absolute atomic E-state index is 14.1. The van der Waals surface area contributed by atoms with E-state index in [9.17, 15) is 22.4 Å². The van der Waals surface area contributed by atoms with Crippen molar-refractivity contribution in [3.8, 4) is 0 Å². The van der Waals surface area contributed by atoms with Crippen molar-refractivity contribution in [1.82, 2.24) is 4.31 Å². The van der Waals surface area contributed by atoms with Gasteiger partial charge in [0.2, 0.25) is 16.8 Å². The average Bonchev–Trinajstić information content (AvgIpc) is 3.52. The van der Waals surface area contributed by atoms with Crippen molar-refractivity contribution >= 4 is 33.3 Å². The van der Waals surface area contributed by atoms with Crippen LogP contribution in [-0.4, -0.2) is 57.4 Å². The Kier molecular flexibility index (Phi) is 7.22. The van der Waals surface area contributed by atoms with E-state index in [2.05, 4.69) is 10.2 Å². The zero-order chi connectivity index (χ0) is 24.3. The molecule has 0 atom stereocenters. The fourth-order valence-corrected chi connectivity index (χ4v) is 5.69. The summed E-state index contributed by atoms with van der Waals surface area (Å²) in [6.45, 7) is 3.75. The number of nitrogens with zero attached hydrogens (tertiary/aromatic N) is 2. The van der Waals surface area contributed by atoms with Gasteiger partial charge in [0, 0.05) is 43.5 Å². The third kappa shape index (κ3) is 5.25. The van der Waals surface area contributed by atoms with Gasteiger partial charge in [-0.3, -0.25) is 4.79 Å². The van der Waals surface area contributed by atoms with E-state index in [-0.39, 0.29) is 36.5 Å². The monoisotopic (exact) mass is 493 g/mol. The summed E-state index contributed by atoms with van der Waals surface area (Å²) in [5.74, 6) is -2.00. The highest BCUT2D eigenvalue weighted by Gasteiger charge is 2.34. The van der Waals surface area contributed by atoms with E-state index in [4.69, 9.17) is 9.15 Å². The van der Waals surface area contributed by atoms with Crippen LogP contribution in [0.1, 0.15) is 43.2 Å². The molecule has 1 N–H and O–H groups in total. The largest absolute Gasteiger partial charge is 0.460 e. The van der Waals surface area contributed by atoms with Crippen molar-refractivity contribution in [3.05, 3.63) is 41.9 Å². The highest BCUT2D eigenvalue weighted by atomic mass is 32.2. The smallest absolute Gasteiger partial charge is 0.374 e. The number of sulfonamides is 1. The molecule has 0 radical (unpaired) electrons. The van der Waals surface area contributed by atoms with Gasteiger partial charge in [0.15, 0.2) is 0 Å². The number of esters is 1. The lowest BCUT2D eigenvalue weighted by atomic mass is 9.97. The van der Waals surface area contributed by atoms with Gasteiger partial charge in [0.1, 0.15) is 5.82 Å². The Morgan fingerprint density at radius 1 is 1.12 bits per heavy atom. The number of carbonyl (C=O) groups is 2. The summed E-state index contributed by atoms with van der Waals surface area (Å²) in [4.78, 5) is 26.6. The van der Waals surface area contributed by atoms with E-state index >= 15 is 0 Å². The fourth-order valence-electron chi connectivity index (χ4n) is 4.30. The van der Waals surface area contributed by atoms with Crippen molar-refractivity contribution in [1.29, 1.82) is 0 Å². The maximum atomic E-state index is 14.1. The number of hydrogen-bond donors (Lipinski definition) is 1. The summed E-state index contributed by atoms with van der Waals surface area (Å²) < 4.78 is 51.2. The molecule has 0 spiro atoms. The molecule has 11 heteroatoms. The second kappa shape index (κ2) is 10.1. The van der Waals surface area contributed by atoms with E-state index in [1.54, 1.807) is 13.0 Å². The van der Waals surface area contributed by atoms with Gasteiger partial charge in [0.25, 0.3) is 10.0 Å². The van der Waals surface area contributed by atoms with Crippen molar-refractivity contribution in [2.45, 2.75) is 37.7 Å². The zero-order valence-corrected chi connectivity index (χ0v) is 19.8. The molecule has 4 rings (SSSR count). The number of hydrogen-bond acceptors (Lipinski definition) is 7. The number of nitrogens with one attached hydrogen (secondary N) is 1. The summed E-state index contributed by atoms with van der Waals surface area (Å²) in [5, 5.41) is 2.45. The van der Waals surface area contributed by atoms with Gasteiger partial charge in [-0.2, -0.15) is 4.31 Å². The normalized spacial score (nSPS) is 17.6. The van der Waals surface area contributed by atoms with Gasteiger partial charge in [-0.1, -0.05) is 0 Å². The lowest BCUT2D eigenvalue weighted by Crippen LogP contribution is -2.41. The molecular formula is C23H28FN3O6S. The number of carbonyl (C=O) groups excluding carboxylic acids is 2. The lowest BCUT2D eigenvalue weighted by Gasteiger charge is -2.29. The van der Waals surface area contributed by atoms with Gasteiger partial charge < -0.3 is 19.4 Å². The number of ether oxygens (including phenoxy) is 1. The molecule has 0 bridgehead atoms. The molecule has 2 fully saturated rings. The van der Waals surface area contributed by atoms with Crippen LogP contribution >= 0.6 is 0 Å². The number of amides is 1. The highest BCUT2D eigenvalue weighted by molar-refractivity contribution is 7.89. The summed E-state index contributed by atoms with van der Waals surface area (Å²) in [6.07, 6.45) is 2.74. The molecule has 3 heterocycles. The number of anilines is 2. The Bertz CT molecular complexity index is 1150. The van der Waals surface area contributed by atoms with Crippen LogP contribution < -0.4 is 10.2 Å². The van der Waals surface area contributed by atoms with Crippen LogP contribution in [0.25, 0.3) is 0 Å².